The first-order valence-electron chi connectivity index (χ1n) is 8.20. The van der Waals surface area contributed by atoms with Crippen LogP contribution in [0.15, 0.2) is 6.20 Å². The highest BCUT2D eigenvalue weighted by Crippen LogP contribution is 2.44. The molecule has 2 aliphatic heterocycles. The van der Waals surface area contributed by atoms with Gasteiger partial charge in [0.1, 0.15) is 0 Å². The van der Waals surface area contributed by atoms with Crippen LogP contribution in [0.3, 0.4) is 0 Å². The maximum Gasteiger partial charge on any atom is 0.230 e. The van der Waals surface area contributed by atoms with Crippen molar-refractivity contribution < 1.29 is 4.79 Å². The second-order valence-electron chi connectivity index (χ2n) is 6.69. The van der Waals surface area contributed by atoms with Crippen molar-refractivity contribution in [2.75, 3.05) is 13.1 Å². The molecule has 1 aliphatic carbocycles. The molecule has 0 spiro atoms. The average Bonchev–Trinajstić information content (AvgIpc) is 3.09. The number of nitrogens with one attached hydrogen (secondary N) is 1. The Balaban J connectivity index is 1.59. The molecule has 0 radical (unpaired) electrons. The predicted molar refractivity (Wildman–Crippen MR) is 77.4 cm³/mol. The Labute approximate surface area is 124 Å². The number of fused-ring (bicyclic) bond motifs is 2. The van der Waals surface area contributed by atoms with Crippen molar-refractivity contribution in [3.63, 3.8) is 0 Å². The lowest BCUT2D eigenvalue weighted by Crippen LogP contribution is -2.51. The fourth-order valence-electron chi connectivity index (χ4n) is 4.43. The number of hydrogen-bond acceptors (Lipinski definition) is 4. The molecule has 1 saturated heterocycles. The van der Waals surface area contributed by atoms with Gasteiger partial charge < -0.3 is 10.2 Å². The van der Waals surface area contributed by atoms with Crippen molar-refractivity contribution in [2.45, 2.75) is 57.7 Å². The van der Waals surface area contributed by atoms with Gasteiger partial charge >= 0.3 is 0 Å². The van der Waals surface area contributed by atoms with E-state index in [1.807, 2.05) is 4.68 Å². The van der Waals surface area contributed by atoms with Crippen LogP contribution >= 0.6 is 0 Å². The fourth-order valence-corrected chi connectivity index (χ4v) is 4.43. The van der Waals surface area contributed by atoms with Crippen molar-refractivity contribution in [2.24, 2.45) is 5.41 Å². The summed E-state index contributed by atoms with van der Waals surface area (Å²) in [7, 11) is 0. The standard InChI is InChI=1S/C15H23N5O/c21-14(15-5-2-1-4-13(15)16-7-6-15)19-8-3-9-20-12(11-19)10-17-18-20/h10,13,16H,1-9,11H2/t13-,15+/m0/s1. The minimum atomic E-state index is -0.138. The number of aryl methyl sites for hydroxylation is 1. The first kappa shape index (κ1) is 13.2. The van der Waals surface area contributed by atoms with Crippen LogP contribution in [0.4, 0.5) is 0 Å². The normalized spacial score (nSPS) is 32.4. The Morgan fingerprint density at radius 3 is 3.19 bits per heavy atom. The van der Waals surface area contributed by atoms with E-state index in [2.05, 4.69) is 20.5 Å². The van der Waals surface area contributed by atoms with Gasteiger partial charge in [-0.15, -0.1) is 5.10 Å². The van der Waals surface area contributed by atoms with Gasteiger partial charge in [-0.2, -0.15) is 0 Å². The van der Waals surface area contributed by atoms with E-state index >= 15 is 0 Å². The zero-order chi connectivity index (χ0) is 14.3. The van der Waals surface area contributed by atoms with Crippen molar-refractivity contribution in [3.8, 4) is 0 Å². The summed E-state index contributed by atoms with van der Waals surface area (Å²) in [5.74, 6) is 0.367. The molecule has 3 heterocycles. The minimum absolute atomic E-state index is 0.138. The van der Waals surface area contributed by atoms with Crippen LogP contribution in [0.25, 0.3) is 0 Å². The fraction of sp³-hybridized carbons (Fsp3) is 0.800. The molecule has 1 aromatic rings. The Kier molecular flexibility index (Phi) is 3.21. The summed E-state index contributed by atoms with van der Waals surface area (Å²) in [5, 5.41) is 11.7. The lowest BCUT2D eigenvalue weighted by molar-refractivity contribution is -0.145. The van der Waals surface area contributed by atoms with E-state index in [4.69, 9.17) is 0 Å². The molecule has 1 aromatic heterocycles. The number of hydrogen-bond donors (Lipinski definition) is 1. The van der Waals surface area contributed by atoms with E-state index < -0.39 is 0 Å². The van der Waals surface area contributed by atoms with E-state index in [1.165, 1.54) is 12.8 Å². The van der Waals surface area contributed by atoms with Crippen molar-refractivity contribution >= 4 is 5.91 Å². The summed E-state index contributed by atoms with van der Waals surface area (Å²) >= 11 is 0. The third kappa shape index (κ3) is 2.08. The van der Waals surface area contributed by atoms with Gasteiger partial charge in [0.15, 0.2) is 0 Å². The predicted octanol–water partition coefficient (Wildman–Crippen LogP) is 0.933. The number of nitrogens with zero attached hydrogens (tertiary/aromatic N) is 4. The largest absolute Gasteiger partial charge is 0.336 e. The first-order chi connectivity index (χ1) is 10.3. The molecular weight excluding hydrogens is 266 g/mol. The molecular formula is C15H23N5O. The zero-order valence-corrected chi connectivity index (χ0v) is 12.4. The Morgan fingerprint density at radius 1 is 1.29 bits per heavy atom. The highest BCUT2D eigenvalue weighted by Gasteiger charge is 2.51. The Hall–Kier alpha value is -1.43. The summed E-state index contributed by atoms with van der Waals surface area (Å²) in [5.41, 5.74) is 0.927. The number of carbonyl (C=O) groups is 1. The molecule has 2 atom stereocenters. The molecule has 3 aliphatic rings. The van der Waals surface area contributed by atoms with E-state index in [1.54, 1.807) is 6.20 Å². The number of amides is 1. The maximum atomic E-state index is 13.3. The summed E-state index contributed by atoms with van der Waals surface area (Å²) < 4.78 is 1.94. The smallest absolute Gasteiger partial charge is 0.230 e. The van der Waals surface area contributed by atoms with Gasteiger partial charge in [-0.25, -0.2) is 4.68 Å². The molecule has 0 aromatic carbocycles. The monoisotopic (exact) mass is 289 g/mol. The van der Waals surface area contributed by atoms with Gasteiger partial charge in [-0.1, -0.05) is 18.1 Å². The van der Waals surface area contributed by atoms with Crippen molar-refractivity contribution in [1.82, 2.24) is 25.2 Å². The van der Waals surface area contributed by atoms with Crippen LogP contribution in [0.5, 0.6) is 0 Å². The third-order valence-corrected chi connectivity index (χ3v) is 5.56. The molecule has 2 fully saturated rings. The number of carbonyl (C=O) groups excluding carboxylic acids is 1. The van der Waals surface area contributed by atoms with Gasteiger partial charge in [0.2, 0.25) is 5.91 Å². The Bertz CT molecular complexity index is 542. The molecule has 1 N–H and O–H groups in total. The highest BCUT2D eigenvalue weighted by atomic mass is 16.2. The molecule has 21 heavy (non-hydrogen) atoms. The number of rotatable bonds is 1. The lowest BCUT2D eigenvalue weighted by Gasteiger charge is -2.40. The molecule has 4 rings (SSSR count). The number of aromatic nitrogens is 3. The molecule has 6 nitrogen and oxygen atoms in total. The molecule has 0 unspecified atom stereocenters. The van der Waals surface area contributed by atoms with E-state index in [0.29, 0.717) is 18.5 Å². The second-order valence-corrected chi connectivity index (χ2v) is 6.69. The zero-order valence-electron chi connectivity index (χ0n) is 12.4. The van der Waals surface area contributed by atoms with Gasteiger partial charge in [0.25, 0.3) is 0 Å². The molecule has 1 amide bonds. The van der Waals surface area contributed by atoms with E-state index in [-0.39, 0.29) is 5.41 Å². The molecule has 6 heteroatoms. The SMILES string of the molecule is O=C(N1CCCn2nncc2C1)[C@@]12CCCC[C@@H]1NCC2. The van der Waals surface area contributed by atoms with Gasteiger partial charge in [-0.3, -0.25) is 4.79 Å². The van der Waals surface area contributed by atoms with E-state index in [0.717, 1.165) is 51.0 Å². The average molecular weight is 289 g/mol. The molecule has 0 bridgehead atoms. The lowest BCUT2D eigenvalue weighted by atomic mass is 9.69. The summed E-state index contributed by atoms with van der Waals surface area (Å²) in [4.78, 5) is 15.3. The van der Waals surface area contributed by atoms with Crippen LogP contribution in [-0.4, -0.2) is 44.9 Å². The van der Waals surface area contributed by atoms with Crippen LogP contribution in [-0.2, 0) is 17.9 Å². The van der Waals surface area contributed by atoms with Crippen molar-refractivity contribution in [1.29, 1.82) is 0 Å². The maximum absolute atomic E-state index is 13.3. The van der Waals surface area contributed by atoms with Crippen LogP contribution in [0.1, 0.15) is 44.2 Å². The van der Waals surface area contributed by atoms with Crippen LogP contribution < -0.4 is 5.32 Å². The molecule has 114 valence electrons. The van der Waals surface area contributed by atoms with Crippen LogP contribution in [0.2, 0.25) is 0 Å². The van der Waals surface area contributed by atoms with Gasteiger partial charge in [-0.05, 0) is 32.2 Å². The second kappa shape index (κ2) is 5.09. The van der Waals surface area contributed by atoms with Gasteiger partial charge in [0.05, 0.1) is 23.9 Å². The van der Waals surface area contributed by atoms with Crippen molar-refractivity contribution in [3.05, 3.63) is 11.9 Å². The first-order valence-corrected chi connectivity index (χ1v) is 8.20. The van der Waals surface area contributed by atoms with Crippen LogP contribution in [0, 0.1) is 5.41 Å². The summed E-state index contributed by atoms with van der Waals surface area (Å²) in [6.07, 6.45) is 8.42. The van der Waals surface area contributed by atoms with Gasteiger partial charge in [0, 0.05) is 19.1 Å². The Morgan fingerprint density at radius 2 is 2.24 bits per heavy atom. The summed E-state index contributed by atoms with van der Waals surface area (Å²) in [6.45, 7) is 3.37. The molecule has 1 saturated carbocycles. The third-order valence-electron chi connectivity index (χ3n) is 5.56. The topological polar surface area (TPSA) is 63.1 Å². The quantitative estimate of drug-likeness (QED) is 0.835. The van der Waals surface area contributed by atoms with E-state index in [9.17, 15) is 4.79 Å². The summed E-state index contributed by atoms with van der Waals surface area (Å²) in [6, 6.07) is 0.394. The highest BCUT2D eigenvalue weighted by molar-refractivity contribution is 5.84. The minimum Gasteiger partial charge on any atom is -0.336 e.